The molecule has 1 fully saturated rings. The molecule has 1 aromatic heterocycles. The van der Waals surface area contributed by atoms with Crippen LogP contribution in [0.25, 0.3) is 0 Å². The molecule has 1 saturated heterocycles. The first kappa shape index (κ1) is 15.2. The minimum atomic E-state index is -0.395. The highest BCUT2D eigenvalue weighted by Gasteiger charge is 2.38. The van der Waals surface area contributed by atoms with Gasteiger partial charge in [-0.25, -0.2) is 0 Å². The topological polar surface area (TPSA) is 70.1 Å². The maximum absolute atomic E-state index is 12.7. The van der Waals surface area contributed by atoms with Crippen molar-refractivity contribution in [3.8, 4) is 0 Å². The molecule has 0 aromatic carbocycles. The number of ketones is 1. The zero-order valence-electron chi connectivity index (χ0n) is 12.5. The number of hydrogen-bond acceptors (Lipinski definition) is 4. The van der Waals surface area contributed by atoms with Gasteiger partial charge in [0.15, 0.2) is 0 Å². The van der Waals surface area contributed by atoms with Crippen LogP contribution in [0.15, 0.2) is 6.07 Å². The Labute approximate surface area is 120 Å². The number of nitrogens with two attached hydrogens (primary N) is 1. The van der Waals surface area contributed by atoms with Crippen molar-refractivity contribution in [1.29, 1.82) is 0 Å². The maximum Gasteiger partial charge on any atom is 0.146 e. The monoisotopic (exact) mass is 279 g/mol. The number of Topliss-reactive ketones (excluding diaryl/α,β-unsaturated/α-hetero) is 1. The number of aryl methyl sites for hydroxylation is 2. The first-order valence-electron chi connectivity index (χ1n) is 7.52. The van der Waals surface area contributed by atoms with Crippen molar-refractivity contribution in [3.63, 3.8) is 0 Å². The van der Waals surface area contributed by atoms with Crippen molar-refractivity contribution >= 4 is 5.78 Å². The maximum atomic E-state index is 12.7. The molecular weight excluding hydrogens is 254 g/mol. The van der Waals surface area contributed by atoms with E-state index in [1.54, 1.807) is 0 Å². The van der Waals surface area contributed by atoms with Crippen LogP contribution in [-0.4, -0.2) is 35.3 Å². The fourth-order valence-electron chi connectivity index (χ4n) is 2.81. The lowest BCUT2D eigenvalue weighted by atomic mass is 9.75. The van der Waals surface area contributed by atoms with E-state index in [9.17, 15) is 4.79 Å². The molecule has 5 nitrogen and oxygen atoms in total. The predicted octanol–water partition coefficient (Wildman–Crippen LogP) is 1.33. The Morgan fingerprint density at radius 2 is 2.15 bits per heavy atom. The van der Waals surface area contributed by atoms with Crippen LogP contribution < -0.4 is 5.73 Å². The normalized spacial score (nSPS) is 18.1. The van der Waals surface area contributed by atoms with Gasteiger partial charge in [-0.15, -0.1) is 0 Å². The van der Waals surface area contributed by atoms with Crippen LogP contribution in [0, 0.1) is 5.41 Å². The van der Waals surface area contributed by atoms with Gasteiger partial charge in [0, 0.05) is 43.8 Å². The van der Waals surface area contributed by atoms with Crippen LogP contribution in [0.5, 0.6) is 0 Å². The van der Waals surface area contributed by atoms with Crippen LogP contribution in [0.3, 0.4) is 0 Å². The first-order valence-corrected chi connectivity index (χ1v) is 7.52. The van der Waals surface area contributed by atoms with Crippen molar-refractivity contribution < 1.29 is 9.53 Å². The van der Waals surface area contributed by atoms with Crippen molar-refractivity contribution in [1.82, 2.24) is 9.78 Å². The van der Waals surface area contributed by atoms with Crippen LogP contribution in [0.4, 0.5) is 0 Å². The van der Waals surface area contributed by atoms with Crippen LogP contribution >= 0.6 is 0 Å². The highest BCUT2D eigenvalue weighted by molar-refractivity contribution is 5.87. The molecular formula is C15H25N3O2. The second-order valence-electron chi connectivity index (χ2n) is 5.49. The standard InChI is InChI=1S/C15H25N3O2/c1-3-12-9-13(18(4-2)17-12)10-14(19)15(11-16)5-7-20-8-6-15/h9H,3-8,10-11,16H2,1-2H3. The second kappa shape index (κ2) is 6.50. The molecule has 0 saturated carbocycles. The third-order valence-corrected chi connectivity index (χ3v) is 4.35. The van der Waals surface area contributed by atoms with E-state index in [2.05, 4.69) is 12.0 Å². The van der Waals surface area contributed by atoms with E-state index >= 15 is 0 Å². The zero-order chi connectivity index (χ0) is 14.6. The summed E-state index contributed by atoms with van der Waals surface area (Å²) in [4.78, 5) is 12.7. The Bertz CT molecular complexity index is 462. The minimum absolute atomic E-state index is 0.237. The van der Waals surface area contributed by atoms with E-state index in [0.29, 0.717) is 26.2 Å². The number of carbonyl (C=O) groups is 1. The predicted molar refractivity (Wildman–Crippen MR) is 77.5 cm³/mol. The van der Waals surface area contributed by atoms with Gasteiger partial charge in [0.05, 0.1) is 5.69 Å². The van der Waals surface area contributed by atoms with Gasteiger partial charge < -0.3 is 10.5 Å². The van der Waals surface area contributed by atoms with Gasteiger partial charge in [-0.05, 0) is 32.3 Å². The Morgan fingerprint density at radius 3 is 2.70 bits per heavy atom. The van der Waals surface area contributed by atoms with E-state index in [4.69, 9.17) is 10.5 Å². The summed E-state index contributed by atoms with van der Waals surface area (Å²) >= 11 is 0. The van der Waals surface area contributed by atoms with Gasteiger partial charge in [-0.3, -0.25) is 9.48 Å². The van der Waals surface area contributed by atoms with Gasteiger partial charge in [0.1, 0.15) is 5.78 Å². The molecule has 0 bridgehead atoms. The molecule has 0 atom stereocenters. The molecule has 1 aliphatic rings. The van der Waals surface area contributed by atoms with Gasteiger partial charge in [-0.1, -0.05) is 6.92 Å². The molecule has 5 heteroatoms. The molecule has 0 aliphatic carbocycles. The molecule has 1 aromatic rings. The molecule has 2 rings (SSSR count). The SMILES string of the molecule is CCc1cc(CC(=O)C2(CN)CCOCC2)n(CC)n1. The molecule has 0 unspecified atom stereocenters. The van der Waals surface area contributed by atoms with Crippen LogP contribution in [0.2, 0.25) is 0 Å². The van der Waals surface area contributed by atoms with Crippen molar-refractivity contribution in [2.45, 2.75) is 46.1 Å². The summed E-state index contributed by atoms with van der Waals surface area (Å²) in [5.41, 5.74) is 7.55. The summed E-state index contributed by atoms with van der Waals surface area (Å²) in [6.45, 7) is 6.60. The molecule has 2 N–H and O–H groups in total. The summed E-state index contributed by atoms with van der Waals surface area (Å²) in [6.07, 6.45) is 2.80. The van der Waals surface area contributed by atoms with Crippen molar-refractivity contribution in [2.24, 2.45) is 11.1 Å². The highest BCUT2D eigenvalue weighted by atomic mass is 16.5. The first-order chi connectivity index (χ1) is 9.65. The van der Waals surface area contributed by atoms with Gasteiger partial charge >= 0.3 is 0 Å². The fourth-order valence-corrected chi connectivity index (χ4v) is 2.81. The Morgan fingerprint density at radius 1 is 1.45 bits per heavy atom. The van der Waals surface area contributed by atoms with Crippen molar-refractivity contribution in [2.75, 3.05) is 19.8 Å². The van der Waals surface area contributed by atoms with Crippen LogP contribution in [-0.2, 0) is 28.9 Å². The van der Waals surface area contributed by atoms with Gasteiger partial charge in [-0.2, -0.15) is 5.10 Å². The summed E-state index contributed by atoms with van der Waals surface area (Å²) in [6, 6.07) is 2.05. The minimum Gasteiger partial charge on any atom is -0.381 e. The zero-order valence-corrected chi connectivity index (χ0v) is 12.5. The number of carbonyl (C=O) groups excluding carboxylic acids is 1. The van der Waals surface area contributed by atoms with Gasteiger partial charge in [0.2, 0.25) is 0 Å². The summed E-state index contributed by atoms with van der Waals surface area (Å²) in [7, 11) is 0. The molecule has 0 spiro atoms. The molecule has 1 aliphatic heterocycles. The average Bonchev–Trinajstić information content (AvgIpc) is 2.90. The Balaban J connectivity index is 2.15. The highest BCUT2D eigenvalue weighted by Crippen LogP contribution is 2.31. The van der Waals surface area contributed by atoms with Crippen LogP contribution in [0.1, 0.15) is 38.1 Å². The molecule has 0 amide bonds. The number of hydrogen-bond donors (Lipinski definition) is 1. The summed E-state index contributed by atoms with van der Waals surface area (Å²) < 4.78 is 7.30. The number of aromatic nitrogens is 2. The van der Waals surface area contributed by atoms with E-state index in [0.717, 1.165) is 37.2 Å². The third-order valence-electron chi connectivity index (χ3n) is 4.35. The Kier molecular flexibility index (Phi) is 4.94. The van der Waals surface area contributed by atoms with E-state index in [1.165, 1.54) is 0 Å². The molecule has 2 heterocycles. The lowest BCUT2D eigenvalue weighted by Crippen LogP contribution is -2.44. The third kappa shape index (κ3) is 2.94. The smallest absolute Gasteiger partial charge is 0.146 e. The average molecular weight is 279 g/mol. The Hall–Kier alpha value is -1.20. The molecule has 112 valence electrons. The van der Waals surface area contributed by atoms with E-state index in [-0.39, 0.29) is 5.78 Å². The lowest BCUT2D eigenvalue weighted by Gasteiger charge is -2.34. The molecule has 0 radical (unpaired) electrons. The molecule has 20 heavy (non-hydrogen) atoms. The number of rotatable bonds is 6. The van der Waals surface area contributed by atoms with Crippen molar-refractivity contribution in [3.05, 3.63) is 17.5 Å². The largest absolute Gasteiger partial charge is 0.381 e. The quantitative estimate of drug-likeness (QED) is 0.853. The van der Waals surface area contributed by atoms with Gasteiger partial charge in [0.25, 0.3) is 0 Å². The number of ether oxygens (including phenoxy) is 1. The summed E-state index contributed by atoms with van der Waals surface area (Å²) in [5.74, 6) is 0.237. The summed E-state index contributed by atoms with van der Waals surface area (Å²) in [5, 5.41) is 4.50. The second-order valence-corrected chi connectivity index (χ2v) is 5.49. The fraction of sp³-hybridized carbons (Fsp3) is 0.733. The number of nitrogens with zero attached hydrogens (tertiary/aromatic N) is 2. The lowest BCUT2D eigenvalue weighted by molar-refractivity contribution is -0.133. The van der Waals surface area contributed by atoms with E-state index < -0.39 is 5.41 Å². The van der Waals surface area contributed by atoms with E-state index in [1.807, 2.05) is 17.7 Å².